The fraction of sp³-hybridized carbons (Fsp3) is 0.524. The van der Waals surface area contributed by atoms with E-state index in [9.17, 15) is 0 Å². The molecule has 0 spiro atoms. The van der Waals surface area contributed by atoms with Crippen LogP contribution in [0.4, 0.5) is 0 Å². The molecule has 0 bridgehead atoms. The van der Waals surface area contributed by atoms with Crippen molar-refractivity contribution in [2.75, 3.05) is 13.6 Å². The Morgan fingerprint density at radius 2 is 2.04 bits per heavy atom. The molecule has 0 unspecified atom stereocenters. The van der Waals surface area contributed by atoms with Crippen LogP contribution in [-0.4, -0.2) is 29.1 Å². The molecular weight excluding hydrogens is 322 g/mol. The lowest BCUT2D eigenvalue weighted by molar-refractivity contribution is 0.131. The van der Waals surface area contributed by atoms with Gasteiger partial charge in [0.25, 0.3) is 0 Å². The Bertz CT molecular complexity index is 695. The first-order valence-corrected chi connectivity index (χ1v) is 9.73. The monoisotopic (exact) mass is 353 g/mol. The number of aliphatic imine (C=N–C) groups is 1. The van der Waals surface area contributed by atoms with Crippen LogP contribution in [0.2, 0.25) is 0 Å². The van der Waals surface area contributed by atoms with Crippen LogP contribution in [0.1, 0.15) is 44.0 Å². The van der Waals surface area contributed by atoms with Crippen LogP contribution >= 0.6 is 0 Å². The zero-order valence-corrected chi connectivity index (χ0v) is 16.0. The van der Waals surface area contributed by atoms with Gasteiger partial charge in [-0.15, -0.1) is 0 Å². The van der Waals surface area contributed by atoms with Crippen LogP contribution in [0.5, 0.6) is 0 Å². The Morgan fingerprint density at radius 3 is 2.69 bits per heavy atom. The number of aryl methyl sites for hydroxylation is 2. The summed E-state index contributed by atoms with van der Waals surface area (Å²) in [5, 5.41) is 6.92. The molecule has 2 N–H and O–H groups in total. The molecule has 0 saturated heterocycles. The number of aromatic nitrogens is 2. The predicted octanol–water partition coefficient (Wildman–Crippen LogP) is 3.37. The van der Waals surface area contributed by atoms with Gasteiger partial charge in [-0.3, -0.25) is 4.99 Å². The zero-order chi connectivity index (χ0) is 18.2. The number of benzene rings is 1. The van der Waals surface area contributed by atoms with Crippen molar-refractivity contribution in [2.45, 2.75) is 52.1 Å². The molecule has 0 aliphatic heterocycles. The number of nitrogens with one attached hydrogen (secondary N) is 2. The van der Waals surface area contributed by atoms with E-state index in [1.54, 1.807) is 0 Å². The molecule has 1 fully saturated rings. The third-order valence-electron chi connectivity index (χ3n) is 5.72. The summed E-state index contributed by atoms with van der Waals surface area (Å²) in [5.41, 5.74) is 1.83. The van der Waals surface area contributed by atoms with E-state index in [1.165, 1.54) is 31.2 Å². The molecule has 0 atom stereocenters. The molecule has 1 aliphatic carbocycles. The lowest BCUT2D eigenvalue weighted by atomic mass is 9.67. The van der Waals surface area contributed by atoms with E-state index < -0.39 is 0 Å². The Morgan fingerprint density at radius 1 is 1.23 bits per heavy atom. The third-order valence-corrected chi connectivity index (χ3v) is 5.72. The zero-order valence-electron chi connectivity index (χ0n) is 16.0. The maximum Gasteiger partial charge on any atom is 0.191 e. The second-order valence-corrected chi connectivity index (χ2v) is 7.26. The van der Waals surface area contributed by atoms with Gasteiger partial charge in [0.05, 0.1) is 6.54 Å². The van der Waals surface area contributed by atoms with Gasteiger partial charge in [-0.1, -0.05) is 43.7 Å². The smallest absolute Gasteiger partial charge is 0.191 e. The van der Waals surface area contributed by atoms with Gasteiger partial charge in [0.15, 0.2) is 5.96 Å². The maximum absolute atomic E-state index is 4.50. The number of hydrogen-bond acceptors (Lipinski definition) is 2. The van der Waals surface area contributed by atoms with Crippen molar-refractivity contribution in [3.05, 3.63) is 54.1 Å². The van der Waals surface area contributed by atoms with Gasteiger partial charge in [0, 0.05) is 32.5 Å². The molecule has 1 heterocycles. The molecule has 2 aromatic rings. The van der Waals surface area contributed by atoms with E-state index in [0.717, 1.165) is 31.3 Å². The second kappa shape index (κ2) is 8.88. The normalized spacial score (nSPS) is 16.2. The average molecular weight is 354 g/mol. The molecule has 26 heavy (non-hydrogen) atoms. The minimum absolute atomic E-state index is 0.478. The summed E-state index contributed by atoms with van der Waals surface area (Å²) in [6.07, 6.45) is 10.2. The summed E-state index contributed by atoms with van der Waals surface area (Å²) in [4.78, 5) is 8.87. The SMILES string of the molecule is CCC1(CNC(=NC)NCc2nccn2CCc2ccccc2)CCC1. The molecule has 1 saturated carbocycles. The van der Waals surface area contributed by atoms with Crippen molar-refractivity contribution in [1.29, 1.82) is 0 Å². The van der Waals surface area contributed by atoms with E-state index in [0.29, 0.717) is 12.0 Å². The van der Waals surface area contributed by atoms with Crippen LogP contribution in [-0.2, 0) is 19.5 Å². The number of hydrogen-bond donors (Lipinski definition) is 2. The predicted molar refractivity (Wildman–Crippen MR) is 107 cm³/mol. The summed E-state index contributed by atoms with van der Waals surface area (Å²) >= 11 is 0. The number of nitrogens with zero attached hydrogens (tertiary/aromatic N) is 3. The highest BCUT2D eigenvalue weighted by Crippen LogP contribution is 2.42. The lowest BCUT2D eigenvalue weighted by Gasteiger charge is -2.41. The van der Waals surface area contributed by atoms with Crippen LogP contribution in [0, 0.1) is 5.41 Å². The highest BCUT2D eigenvalue weighted by atomic mass is 15.2. The van der Waals surface area contributed by atoms with Gasteiger partial charge >= 0.3 is 0 Å². The molecule has 0 amide bonds. The minimum Gasteiger partial charge on any atom is -0.356 e. The van der Waals surface area contributed by atoms with E-state index in [-0.39, 0.29) is 0 Å². The van der Waals surface area contributed by atoms with E-state index in [1.807, 2.05) is 13.2 Å². The average Bonchev–Trinajstić information content (AvgIpc) is 3.10. The Balaban J connectivity index is 1.48. The molecule has 0 radical (unpaired) electrons. The highest BCUT2D eigenvalue weighted by molar-refractivity contribution is 5.79. The molecule has 1 aromatic carbocycles. The maximum atomic E-state index is 4.50. The Hall–Kier alpha value is -2.30. The van der Waals surface area contributed by atoms with Crippen LogP contribution in [0.25, 0.3) is 0 Å². The lowest BCUT2D eigenvalue weighted by Crippen LogP contribution is -2.46. The molecule has 1 aliphatic rings. The fourth-order valence-electron chi connectivity index (χ4n) is 3.59. The van der Waals surface area contributed by atoms with Gasteiger partial charge in [0.1, 0.15) is 5.82 Å². The van der Waals surface area contributed by atoms with Gasteiger partial charge in [-0.25, -0.2) is 4.98 Å². The van der Waals surface area contributed by atoms with Crippen molar-refractivity contribution in [1.82, 2.24) is 20.2 Å². The first-order chi connectivity index (χ1) is 12.7. The first-order valence-electron chi connectivity index (χ1n) is 9.73. The molecule has 140 valence electrons. The van der Waals surface area contributed by atoms with Gasteiger partial charge in [-0.2, -0.15) is 0 Å². The number of guanidine groups is 1. The van der Waals surface area contributed by atoms with Crippen LogP contribution in [0.15, 0.2) is 47.7 Å². The van der Waals surface area contributed by atoms with Crippen molar-refractivity contribution < 1.29 is 0 Å². The summed E-state index contributed by atoms with van der Waals surface area (Å²) in [5.74, 6) is 1.90. The molecule has 5 heteroatoms. The van der Waals surface area contributed by atoms with Crippen molar-refractivity contribution in [3.63, 3.8) is 0 Å². The molecule has 3 rings (SSSR count). The largest absolute Gasteiger partial charge is 0.356 e. The quantitative estimate of drug-likeness (QED) is 0.565. The Kier molecular flexibility index (Phi) is 6.31. The summed E-state index contributed by atoms with van der Waals surface area (Å²) in [7, 11) is 1.83. The molecule has 5 nitrogen and oxygen atoms in total. The topological polar surface area (TPSA) is 54.2 Å². The van der Waals surface area contributed by atoms with Gasteiger partial charge < -0.3 is 15.2 Å². The molecular formula is C21H31N5. The van der Waals surface area contributed by atoms with Crippen LogP contribution < -0.4 is 10.6 Å². The van der Waals surface area contributed by atoms with E-state index in [4.69, 9.17) is 0 Å². The number of imidazole rings is 1. The third kappa shape index (κ3) is 4.65. The van der Waals surface area contributed by atoms with Gasteiger partial charge in [-0.05, 0) is 36.7 Å². The van der Waals surface area contributed by atoms with Crippen molar-refractivity contribution >= 4 is 5.96 Å². The first kappa shape index (κ1) is 18.5. The summed E-state index contributed by atoms with van der Waals surface area (Å²) in [6, 6.07) is 10.6. The van der Waals surface area contributed by atoms with Gasteiger partial charge in [0.2, 0.25) is 0 Å². The Labute approximate surface area is 156 Å². The summed E-state index contributed by atoms with van der Waals surface area (Å²) in [6.45, 7) is 4.92. The highest BCUT2D eigenvalue weighted by Gasteiger charge is 2.34. The number of rotatable bonds is 8. The minimum atomic E-state index is 0.478. The van der Waals surface area contributed by atoms with E-state index in [2.05, 4.69) is 68.6 Å². The van der Waals surface area contributed by atoms with E-state index >= 15 is 0 Å². The van der Waals surface area contributed by atoms with Crippen LogP contribution in [0.3, 0.4) is 0 Å². The second-order valence-electron chi connectivity index (χ2n) is 7.26. The summed E-state index contributed by atoms with van der Waals surface area (Å²) < 4.78 is 2.22. The fourth-order valence-corrected chi connectivity index (χ4v) is 3.59. The standard InChI is InChI=1S/C21H31N5/c1-3-21(11-7-12-21)17-25-20(22-2)24-16-19-23-13-15-26(19)14-10-18-8-5-4-6-9-18/h4-6,8-9,13,15H,3,7,10-12,14,16-17H2,1-2H3,(H2,22,24,25). The molecule has 1 aromatic heterocycles. The van der Waals surface area contributed by atoms with Crippen molar-refractivity contribution in [2.24, 2.45) is 10.4 Å². The van der Waals surface area contributed by atoms with Crippen molar-refractivity contribution in [3.8, 4) is 0 Å².